The van der Waals surface area contributed by atoms with Gasteiger partial charge in [-0.05, 0) is 43.9 Å². The minimum atomic E-state index is -0.507. The van der Waals surface area contributed by atoms with E-state index in [-0.39, 0.29) is 0 Å². The van der Waals surface area contributed by atoms with Gasteiger partial charge in [0.1, 0.15) is 0 Å². The molecule has 21 heavy (non-hydrogen) atoms. The molecule has 2 rings (SSSR count). The predicted molar refractivity (Wildman–Crippen MR) is 92.8 cm³/mol. The predicted octanol–water partition coefficient (Wildman–Crippen LogP) is 3.69. The summed E-state index contributed by atoms with van der Waals surface area (Å²) >= 11 is 3.69. The molecule has 118 valence electrons. The van der Waals surface area contributed by atoms with Gasteiger partial charge in [0.25, 0.3) is 0 Å². The van der Waals surface area contributed by atoms with Gasteiger partial charge in [-0.25, -0.2) is 0 Å². The third-order valence-electron chi connectivity index (χ3n) is 4.17. The van der Waals surface area contributed by atoms with E-state index in [0.29, 0.717) is 6.04 Å². The van der Waals surface area contributed by atoms with Crippen molar-refractivity contribution in [3.05, 3.63) is 28.2 Å². The molecule has 1 aliphatic rings. The Kier molecular flexibility index (Phi) is 5.69. The molecule has 1 aromatic carbocycles. The average molecular weight is 355 g/mol. The van der Waals surface area contributed by atoms with Crippen molar-refractivity contribution >= 4 is 21.6 Å². The molecule has 1 aliphatic heterocycles. The Balaban J connectivity index is 2.05. The maximum Gasteiger partial charge on any atom is 0.0637 e. The van der Waals surface area contributed by atoms with Crippen LogP contribution in [0.1, 0.15) is 45.6 Å². The van der Waals surface area contributed by atoms with Gasteiger partial charge < -0.3 is 15.3 Å². The molecular weight excluding hydrogens is 328 g/mol. The lowest BCUT2D eigenvalue weighted by Crippen LogP contribution is -2.28. The number of anilines is 1. The Labute approximate surface area is 136 Å². The SMILES string of the molecule is CC(C)NCc1ccc(N2CCCC(C)(O)CC2)cc1Br. The third kappa shape index (κ3) is 4.97. The van der Waals surface area contributed by atoms with Crippen LogP contribution >= 0.6 is 15.9 Å². The molecular formula is C17H27BrN2O. The highest BCUT2D eigenvalue weighted by atomic mass is 79.9. The fraction of sp³-hybridized carbons (Fsp3) is 0.647. The topological polar surface area (TPSA) is 35.5 Å². The van der Waals surface area contributed by atoms with E-state index < -0.39 is 5.60 Å². The zero-order chi connectivity index (χ0) is 15.5. The fourth-order valence-electron chi connectivity index (χ4n) is 2.71. The van der Waals surface area contributed by atoms with E-state index in [9.17, 15) is 5.11 Å². The average Bonchev–Trinajstić information content (AvgIpc) is 2.58. The molecule has 3 nitrogen and oxygen atoms in total. The maximum atomic E-state index is 10.2. The van der Waals surface area contributed by atoms with E-state index in [2.05, 4.69) is 58.2 Å². The number of hydrogen-bond acceptors (Lipinski definition) is 3. The van der Waals surface area contributed by atoms with Crippen LogP contribution in [-0.2, 0) is 6.54 Å². The molecule has 1 heterocycles. The number of benzene rings is 1. The summed E-state index contributed by atoms with van der Waals surface area (Å²) in [5, 5.41) is 13.6. The Morgan fingerprint density at radius 3 is 2.76 bits per heavy atom. The van der Waals surface area contributed by atoms with Gasteiger partial charge in [0, 0.05) is 35.8 Å². The lowest BCUT2D eigenvalue weighted by Gasteiger charge is -2.25. The van der Waals surface area contributed by atoms with E-state index in [1.807, 2.05) is 6.92 Å². The van der Waals surface area contributed by atoms with Crippen LogP contribution in [0.25, 0.3) is 0 Å². The van der Waals surface area contributed by atoms with E-state index >= 15 is 0 Å². The molecule has 1 fully saturated rings. The lowest BCUT2D eigenvalue weighted by atomic mass is 9.98. The van der Waals surface area contributed by atoms with Crippen LogP contribution in [0.5, 0.6) is 0 Å². The van der Waals surface area contributed by atoms with Crippen molar-refractivity contribution in [3.8, 4) is 0 Å². The van der Waals surface area contributed by atoms with E-state index in [1.165, 1.54) is 11.3 Å². The second-order valence-electron chi connectivity index (χ2n) is 6.65. The van der Waals surface area contributed by atoms with Crippen molar-refractivity contribution in [2.45, 2.75) is 58.2 Å². The normalized spacial score (nSPS) is 23.4. The standard InChI is InChI=1S/C17H27BrN2O/c1-13(2)19-12-14-5-6-15(11-16(14)18)20-9-4-7-17(3,21)8-10-20/h5-6,11,13,19,21H,4,7-10,12H2,1-3H3. The summed E-state index contributed by atoms with van der Waals surface area (Å²) in [4.78, 5) is 2.38. The molecule has 0 bridgehead atoms. The Hall–Kier alpha value is -0.580. The fourth-order valence-corrected chi connectivity index (χ4v) is 3.22. The number of rotatable bonds is 4. The number of hydrogen-bond donors (Lipinski definition) is 2. The first-order chi connectivity index (χ1) is 9.87. The minimum Gasteiger partial charge on any atom is -0.390 e. The molecule has 0 aliphatic carbocycles. The van der Waals surface area contributed by atoms with Crippen LogP contribution in [0.3, 0.4) is 0 Å². The van der Waals surface area contributed by atoms with Gasteiger partial charge in [-0.3, -0.25) is 0 Å². The van der Waals surface area contributed by atoms with Crippen molar-refractivity contribution in [1.29, 1.82) is 0 Å². The van der Waals surface area contributed by atoms with Gasteiger partial charge in [-0.15, -0.1) is 0 Å². The summed E-state index contributed by atoms with van der Waals surface area (Å²) in [5.74, 6) is 0. The number of nitrogens with zero attached hydrogens (tertiary/aromatic N) is 1. The van der Waals surface area contributed by atoms with Gasteiger partial charge in [0.2, 0.25) is 0 Å². The van der Waals surface area contributed by atoms with E-state index in [1.54, 1.807) is 0 Å². The molecule has 0 saturated carbocycles. The van der Waals surface area contributed by atoms with Crippen LogP contribution in [-0.4, -0.2) is 29.8 Å². The molecule has 1 atom stereocenters. The molecule has 0 radical (unpaired) electrons. The first-order valence-electron chi connectivity index (χ1n) is 7.86. The highest BCUT2D eigenvalue weighted by molar-refractivity contribution is 9.10. The number of nitrogens with one attached hydrogen (secondary N) is 1. The number of halogens is 1. The van der Waals surface area contributed by atoms with Gasteiger partial charge in [0.15, 0.2) is 0 Å². The molecule has 1 unspecified atom stereocenters. The highest BCUT2D eigenvalue weighted by Crippen LogP contribution is 2.28. The summed E-state index contributed by atoms with van der Waals surface area (Å²) in [7, 11) is 0. The maximum absolute atomic E-state index is 10.2. The molecule has 0 aromatic heterocycles. The van der Waals surface area contributed by atoms with Crippen LogP contribution in [0, 0.1) is 0 Å². The molecule has 1 saturated heterocycles. The van der Waals surface area contributed by atoms with E-state index in [0.717, 1.165) is 43.4 Å². The van der Waals surface area contributed by atoms with Crippen molar-refractivity contribution in [2.24, 2.45) is 0 Å². The first-order valence-corrected chi connectivity index (χ1v) is 8.66. The largest absolute Gasteiger partial charge is 0.390 e. The summed E-state index contributed by atoms with van der Waals surface area (Å²) in [6, 6.07) is 7.08. The zero-order valence-corrected chi connectivity index (χ0v) is 14.9. The summed E-state index contributed by atoms with van der Waals surface area (Å²) in [6.45, 7) is 9.09. The quantitative estimate of drug-likeness (QED) is 0.865. The van der Waals surface area contributed by atoms with Crippen molar-refractivity contribution < 1.29 is 5.11 Å². The van der Waals surface area contributed by atoms with E-state index in [4.69, 9.17) is 0 Å². The number of aliphatic hydroxyl groups is 1. The Morgan fingerprint density at radius 1 is 1.33 bits per heavy atom. The summed E-state index contributed by atoms with van der Waals surface area (Å²) in [5.41, 5.74) is 2.02. The van der Waals surface area contributed by atoms with Gasteiger partial charge in [0.05, 0.1) is 5.60 Å². The minimum absolute atomic E-state index is 0.490. The monoisotopic (exact) mass is 354 g/mol. The first kappa shape index (κ1) is 16.8. The molecule has 2 N–H and O–H groups in total. The molecule has 1 aromatic rings. The van der Waals surface area contributed by atoms with Crippen molar-refractivity contribution in [1.82, 2.24) is 5.32 Å². The smallest absolute Gasteiger partial charge is 0.0637 e. The highest BCUT2D eigenvalue weighted by Gasteiger charge is 2.25. The van der Waals surface area contributed by atoms with Gasteiger partial charge in [-0.2, -0.15) is 0 Å². The second-order valence-corrected chi connectivity index (χ2v) is 7.50. The molecule has 0 amide bonds. The zero-order valence-electron chi connectivity index (χ0n) is 13.3. The summed E-state index contributed by atoms with van der Waals surface area (Å²) < 4.78 is 1.16. The molecule has 0 spiro atoms. The van der Waals surface area contributed by atoms with Crippen LogP contribution in [0.2, 0.25) is 0 Å². The summed E-state index contributed by atoms with van der Waals surface area (Å²) in [6.07, 6.45) is 2.77. The van der Waals surface area contributed by atoms with Gasteiger partial charge in [-0.1, -0.05) is 35.8 Å². The molecule has 4 heteroatoms. The van der Waals surface area contributed by atoms with Crippen molar-refractivity contribution in [2.75, 3.05) is 18.0 Å². The lowest BCUT2D eigenvalue weighted by molar-refractivity contribution is 0.0481. The van der Waals surface area contributed by atoms with Crippen LogP contribution in [0.15, 0.2) is 22.7 Å². The second kappa shape index (κ2) is 7.12. The van der Waals surface area contributed by atoms with Crippen molar-refractivity contribution in [3.63, 3.8) is 0 Å². The van der Waals surface area contributed by atoms with Gasteiger partial charge >= 0.3 is 0 Å². The van der Waals surface area contributed by atoms with Crippen LogP contribution in [0.4, 0.5) is 5.69 Å². The van der Waals surface area contributed by atoms with Crippen LogP contribution < -0.4 is 10.2 Å². The Morgan fingerprint density at radius 2 is 2.10 bits per heavy atom. The Bertz CT molecular complexity index is 474. The third-order valence-corrected chi connectivity index (χ3v) is 4.90.